The number of fused-ring (bicyclic) bond motifs is 4. The number of hydrogen-bond acceptors (Lipinski definition) is 3. The summed E-state index contributed by atoms with van der Waals surface area (Å²) in [5, 5.41) is 3.55. The summed E-state index contributed by atoms with van der Waals surface area (Å²) in [5.74, 6) is 0.261. The third-order valence-electron chi connectivity index (χ3n) is 9.37. The van der Waals surface area contributed by atoms with Gasteiger partial charge in [0.2, 0.25) is 0 Å². The number of nitrogens with zero attached hydrogens (tertiary/aromatic N) is 3. The van der Waals surface area contributed by atoms with E-state index >= 15 is 0 Å². The average molecular weight is 877 g/mol. The Hall–Kier alpha value is -4.61. The minimum absolute atomic E-state index is 0. The smallest absolute Gasteiger partial charge is 0.120 e. The largest absolute Gasteiger partial charge is 0.501 e. The molecule has 0 aliphatic rings. The van der Waals surface area contributed by atoms with Gasteiger partial charge in [-0.15, -0.1) is 53.6 Å². The van der Waals surface area contributed by atoms with Gasteiger partial charge in [-0.1, -0.05) is 132 Å². The number of rotatable bonds is 5. The first-order valence-electron chi connectivity index (χ1n) is 18.1. The molecule has 265 valence electrons. The molecule has 6 heteroatoms. The molecular weight excluding hydrogens is 831 g/mol. The summed E-state index contributed by atoms with van der Waals surface area (Å²) in [6.45, 7) is 17.5. The van der Waals surface area contributed by atoms with Crippen LogP contribution in [0.2, 0.25) is 19.6 Å². The van der Waals surface area contributed by atoms with E-state index in [0.717, 1.165) is 66.9 Å². The molecule has 0 saturated carbocycles. The minimum atomic E-state index is -1.29. The Bertz CT molecular complexity index is 2460. The monoisotopic (exact) mass is 877 g/mol. The van der Waals surface area contributed by atoms with E-state index in [2.05, 4.69) is 129 Å². The molecule has 5 aromatic carbocycles. The number of benzene rings is 5. The molecule has 0 fully saturated rings. The standard InChI is InChI=1S/C29H23N2O.C17H22NSi.Ir/c1-29(2,3)22-14-5-7-16-24(22)31-25-17-8-6-15-23(25)30-28(31)21-13-10-12-20-19-11-4-9-18-26(19)32-27(20)21;1-13(2)14-6-8-15(9-7-14)17-11-10-16(12-18-17)19(3,4)5;/h4-12,14-18H,1-3H3;6-8,10-13H,1-5H3;/q2*-1;/i;13D;. The summed E-state index contributed by atoms with van der Waals surface area (Å²) in [7, 11) is -1.29. The zero-order valence-electron chi connectivity index (χ0n) is 32.1. The van der Waals surface area contributed by atoms with Gasteiger partial charge in [0.15, 0.2) is 0 Å². The molecule has 8 rings (SSSR count). The van der Waals surface area contributed by atoms with Crippen LogP contribution in [-0.4, -0.2) is 22.6 Å². The van der Waals surface area contributed by atoms with Crippen molar-refractivity contribution in [3.8, 4) is 28.3 Å². The Morgan fingerprint density at radius 3 is 2.23 bits per heavy atom. The Labute approximate surface area is 323 Å². The second-order valence-corrected chi connectivity index (χ2v) is 20.5. The van der Waals surface area contributed by atoms with Crippen molar-refractivity contribution < 1.29 is 25.9 Å². The van der Waals surface area contributed by atoms with Crippen molar-refractivity contribution in [3.63, 3.8) is 0 Å². The molecule has 0 saturated heterocycles. The van der Waals surface area contributed by atoms with E-state index in [-0.39, 0.29) is 25.5 Å². The van der Waals surface area contributed by atoms with Crippen LogP contribution in [0.25, 0.3) is 61.3 Å². The summed E-state index contributed by atoms with van der Waals surface area (Å²) in [5.41, 5.74) is 9.87. The molecule has 3 aromatic heterocycles. The molecule has 0 unspecified atom stereocenters. The van der Waals surface area contributed by atoms with Crippen molar-refractivity contribution in [1.82, 2.24) is 14.5 Å². The van der Waals surface area contributed by atoms with Crippen LogP contribution in [0.15, 0.2) is 126 Å². The molecule has 0 aliphatic heterocycles. The number of imidazole rings is 1. The fourth-order valence-corrected chi connectivity index (χ4v) is 7.52. The Morgan fingerprint density at radius 2 is 1.54 bits per heavy atom. The van der Waals surface area contributed by atoms with Gasteiger partial charge in [0.05, 0.1) is 30.5 Å². The fraction of sp³-hybridized carbons (Fsp3) is 0.217. The zero-order valence-corrected chi connectivity index (χ0v) is 34.5. The molecule has 52 heavy (non-hydrogen) atoms. The van der Waals surface area contributed by atoms with Crippen LogP contribution >= 0.6 is 0 Å². The second kappa shape index (κ2) is 14.8. The summed E-state index contributed by atoms with van der Waals surface area (Å²) in [6.07, 6.45) is 2.00. The van der Waals surface area contributed by atoms with Crippen LogP contribution in [0.1, 0.15) is 53.0 Å². The van der Waals surface area contributed by atoms with Gasteiger partial charge in [0.1, 0.15) is 5.58 Å². The van der Waals surface area contributed by atoms with Crippen LogP contribution in [0.5, 0.6) is 0 Å². The molecule has 0 aliphatic carbocycles. The van der Waals surface area contributed by atoms with Crippen LogP contribution in [0, 0.1) is 12.1 Å². The molecular formula is C46H45IrN3OSi-2. The van der Waals surface area contributed by atoms with Gasteiger partial charge < -0.3 is 14.0 Å². The van der Waals surface area contributed by atoms with Gasteiger partial charge >= 0.3 is 0 Å². The first-order valence-corrected chi connectivity index (χ1v) is 21.1. The third-order valence-corrected chi connectivity index (χ3v) is 11.4. The van der Waals surface area contributed by atoms with E-state index < -0.39 is 14.0 Å². The predicted octanol–water partition coefficient (Wildman–Crippen LogP) is 11.9. The molecule has 3 heterocycles. The van der Waals surface area contributed by atoms with Crippen molar-refractivity contribution in [2.45, 2.75) is 65.6 Å². The van der Waals surface area contributed by atoms with E-state index in [1.165, 1.54) is 10.8 Å². The number of para-hydroxylation sites is 4. The summed E-state index contributed by atoms with van der Waals surface area (Å²) in [4.78, 5) is 9.64. The molecule has 0 N–H and O–H groups in total. The van der Waals surface area contributed by atoms with E-state index in [9.17, 15) is 0 Å². The fourth-order valence-electron chi connectivity index (χ4n) is 6.49. The zero-order chi connectivity index (χ0) is 36.8. The first-order chi connectivity index (χ1) is 24.7. The molecule has 0 spiro atoms. The Balaban J connectivity index is 0.000000199. The van der Waals surface area contributed by atoms with Crippen LogP contribution in [0.3, 0.4) is 0 Å². The maximum Gasteiger partial charge on any atom is 0.120 e. The molecule has 8 aromatic rings. The van der Waals surface area contributed by atoms with Gasteiger partial charge in [-0.3, -0.25) is 4.98 Å². The van der Waals surface area contributed by atoms with Crippen molar-refractivity contribution in [2.75, 3.05) is 0 Å². The van der Waals surface area contributed by atoms with Crippen molar-refractivity contribution in [1.29, 1.82) is 0 Å². The van der Waals surface area contributed by atoms with Crippen LogP contribution < -0.4 is 5.19 Å². The van der Waals surface area contributed by atoms with Crippen LogP contribution in [0.4, 0.5) is 0 Å². The number of pyridine rings is 1. The Kier molecular flexibility index (Phi) is 10.2. The first kappa shape index (κ1) is 35.8. The van der Waals surface area contributed by atoms with Gasteiger partial charge in [-0.05, 0) is 46.1 Å². The summed E-state index contributed by atoms with van der Waals surface area (Å²) < 4.78 is 16.6. The van der Waals surface area contributed by atoms with Gasteiger partial charge in [0, 0.05) is 38.7 Å². The normalized spacial score (nSPS) is 12.3. The third kappa shape index (κ3) is 7.34. The molecule has 4 nitrogen and oxygen atoms in total. The van der Waals surface area contributed by atoms with E-state index in [0.29, 0.717) is 0 Å². The molecule has 0 amide bonds. The number of hydrogen-bond donors (Lipinski definition) is 0. The Morgan fingerprint density at radius 1 is 0.808 bits per heavy atom. The van der Waals surface area contributed by atoms with Crippen molar-refractivity contribution in [3.05, 3.63) is 145 Å². The van der Waals surface area contributed by atoms with E-state index in [4.69, 9.17) is 10.8 Å². The SMILES string of the molecule is CC(C)(C)c1ccccc1-n1c(-c2[c-]ccc3c2oc2ccccc23)nc2ccccc21.[2H]C(C)(C)c1c[c-]c(-c2ccc([Si](C)(C)C)cn2)cc1.[Ir]. The quantitative estimate of drug-likeness (QED) is 0.128. The maximum absolute atomic E-state index is 8.01. The predicted molar refractivity (Wildman–Crippen MR) is 217 cm³/mol. The van der Waals surface area contributed by atoms with Gasteiger partial charge in [-0.25, -0.2) is 0 Å². The summed E-state index contributed by atoms with van der Waals surface area (Å²) >= 11 is 0. The molecule has 0 atom stereocenters. The van der Waals surface area contributed by atoms with Crippen molar-refractivity contribution in [2.24, 2.45) is 0 Å². The van der Waals surface area contributed by atoms with E-state index in [1.807, 2.05) is 68.6 Å². The van der Waals surface area contributed by atoms with Crippen molar-refractivity contribution >= 4 is 46.2 Å². The topological polar surface area (TPSA) is 43.9 Å². The van der Waals surface area contributed by atoms with Gasteiger partial charge in [-0.2, -0.15) is 0 Å². The molecule has 0 bridgehead atoms. The number of furan rings is 1. The number of aromatic nitrogens is 3. The average Bonchev–Trinajstić information content (AvgIpc) is 3.70. The van der Waals surface area contributed by atoms with E-state index in [1.54, 1.807) is 0 Å². The summed E-state index contributed by atoms with van der Waals surface area (Å²) in [6, 6.07) is 45.9. The molecule has 1 radical (unpaired) electrons. The maximum atomic E-state index is 8.01. The van der Waals surface area contributed by atoms with Crippen LogP contribution in [-0.2, 0) is 25.5 Å². The van der Waals surface area contributed by atoms with Gasteiger partial charge in [0.25, 0.3) is 0 Å². The minimum Gasteiger partial charge on any atom is -0.501 e. The second-order valence-electron chi connectivity index (χ2n) is 15.4.